The van der Waals surface area contributed by atoms with Crippen molar-refractivity contribution in [2.24, 2.45) is 0 Å². The molecule has 1 unspecified atom stereocenters. The average molecular weight is 382 g/mol. The number of nitrogens with zero attached hydrogens (tertiary/aromatic N) is 1. The zero-order valence-electron chi connectivity index (χ0n) is 14.2. The number of thiophene rings is 1. The van der Waals surface area contributed by atoms with Gasteiger partial charge in [0.2, 0.25) is 0 Å². The minimum atomic E-state index is -0.774. The van der Waals surface area contributed by atoms with Crippen molar-refractivity contribution in [1.82, 2.24) is 10.2 Å². The SMILES string of the molecule is COc1ccc(Cl)cc1NC(=O)C(=O)NCC(c1cccs1)N(C)C. The van der Waals surface area contributed by atoms with Crippen molar-refractivity contribution >= 4 is 40.4 Å². The van der Waals surface area contributed by atoms with Crippen molar-refractivity contribution < 1.29 is 14.3 Å². The number of carbonyl (C=O) groups excluding carboxylic acids is 2. The van der Waals surface area contributed by atoms with Gasteiger partial charge >= 0.3 is 11.8 Å². The molecule has 2 aromatic rings. The van der Waals surface area contributed by atoms with Gasteiger partial charge in [0.15, 0.2) is 0 Å². The Morgan fingerprint density at radius 1 is 1.28 bits per heavy atom. The van der Waals surface area contributed by atoms with E-state index in [0.717, 1.165) is 4.88 Å². The summed E-state index contributed by atoms with van der Waals surface area (Å²) in [7, 11) is 5.32. The number of methoxy groups -OCH3 is 1. The van der Waals surface area contributed by atoms with E-state index in [9.17, 15) is 9.59 Å². The van der Waals surface area contributed by atoms with Crippen molar-refractivity contribution in [1.29, 1.82) is 0 Å². The zero-order valence-corrected chi connectivity index (χ0v) is 15.8. The summed E-state index contributed by atoms with van der Waals surface area (Å²) in [6, 6.07) is 8.74. The Labute approximate surface area is 155 Å². The van der Waals surface area contributed by atoms with Crippen LogP contribution in [-0.4, -0.2) is 44.5 Å². The average Bonchev–Trinajstić information content (AvgIpc) is 3.09. The Balaban J connectivity index is 1.98. The van der Waals surface area contributed by atoms with Crippen molar-refractivity contribution in [3.63, 3.8) is 0 Å². The molecule has 1 heterocycles. The van der Waals surface area contributed by atoms with Gasteiger partial charge in [-0.15, -0.1) is 11.3 Å². The second-order valence-corrected chi connectivity index (χ2v) is 6.92. The van der Waals surface area contributed by atoms with Crippen LogP contribution in [0.1, 0.15) is 10.9 Å². The van der Waals surface area contributed by atoms with Crippen LogP contribution in [0, 0.1) is 0 Å². The highest BCUT2D eigenvalue weighted by atomic mass is 35.5. The molecule has 0 spiro atoms. The van der Waals surface area contributed by atoms with E-state index in [1.807, 2.05) is 36.5 Å². The summed E-state index contributed by atoms with van der Waals surface area (Å²) in [5, 5.41) is 7.59. The Morgan fingerprint density at radius 3 is 2.64 bits per heavy atom. The van der Waals surface area contributed by atoms with Gasteiger partial charge in [-0.25, -0.2) is 0 Å². The molecular weight excluding hydrogens is 362 g/mol. The second kappa shape index (κ2) is 8.84. The first-order chi connectivity index (χ1) is 11.9. The highest BCUT2D eigenvalue weighted by Crippen LogP contribution is 2.27. The van der Waals surface area contributed by atoms with Crippen molar-refractivity contribution in [2.45, 2.75) is 6.04 Å². The Hall–Kier alpha value is -2.09. The maximum atomic E-state index is 12.1. The van der Waals surface area contributed by atoms with E-state index in [2.05, 4.69) is 10.6 Å². The minimum absolute atomic E-state index is 0.00236. The molecule has 0 aliphatic heterocycles. The standard InChI is InChI=1S/C17H20ClN3O3S/c1-21(2)13(15-5-4-8-25-15)10-19-16(22)17(23)20-12-9-11(18)6-7-14(12)24-3/h4-9,13H,10H2,1-3H3,(H,19,22)(H,20,23). The van der Waals surface area contributed by atoms with Crippen LogP contribution >= 0.6 is 22.9 Å². The molecule has 0 radical (unpaired) electrons. The van der Waals surface area contributed by atoms with Gasteiger partial charge in [-0.2, -0.15) is 0 Å². The summed E-state index contributed by atoms with van der Waals surface area (Å²) in [5.41, 5.74) is 0.345. The maximum absolute atomic E-state index is 12.1. The van der Waals surface area contributed by atoms with Crippen LogP contribution in [-0.2, 0) is 9.59 Å². The van der Waals surface area contributed by atoms with Gasteiger partial charge in [0.1, 0.15) is 5.75 Å². The zero-order chi connectivity index (χ0) is 18.4. The molecular formula is C17H20ClN3O3S. The first-order valence-electron chi connectivity index (χ1n) is 7.55. The largest absolute Gasteiger partial charge is 0.495 e. The third-order valence-corrected chi connectivity index (χ3v) is 4.78. The smallest absolute Gasteiger partial charge is 0.313 e. The highest BCUT2D eigenvalue weighted by molar-refractivity contribution is 7.10. The van der Waals surface area contributed by atoms with E-state index in [1.54, 1.807) is 23.5 Å². The number of benzene rings is 1. The first kappa shape index (κ1) is 19.2. The van der Waals surface area contributed by atoms with Gasteiger partial charge in [0.05, 0.1) is 18.8 Å². The van der Waals surface area contributed by atoms with Gasteiger partial charge in [0, 0.05) is 16.4 Å². The Bertz CT molecular complexity index is 735. The van der Waals surface area contributed by atoms with Gasteiger partial charge < -0.3 is 20.3 Å². The van der Waals surface area contributed by atoms with Crippen LogP contribution in [0.3, 0.4) is 0 Å². The third-order valence-electron chi connectivity index (χ3n) is 3.57. The number of anilines is 1. The lowest BCUT2D eigenvalue weighted by Gasteiger charge is -2.23. The molecule has 1 aromatic carbocycles. The summed E-state index contributed by atoms with van der Waals surface area (Å²) >= 11 is 7.52. The molecule has 2 amide bonds. The lowest BCUT2D eigenvalue weighted by Crippen LogP contribution is -2.40. The Morgan fingerprint density at radius 2 is 2.04 bits per heavy atom. The first-order valence-corrected chi connectivity index (χ1v) is 8.80. The Kier molecular flexibility index (Phi) is 6.81. The number of amides is 2. The molecule has 0 bridgehead atoms. The van der Waals surface area contributed by atoms with E-state index >= 15 is 0 Å². The maximum Gasteiger partial charge on any atom is 0.313 e. The van der Waals surface area contributed by atoms with E-state index in [1.165, 1.54) is 13.2 Å². The predicted molar refractivity (Wildman–Crippen MR) is 100 cm³/mol. The lowest BCUT2D eigenvalue weighted by atomic mass is 10.2. The van der Waals surface area contributed by atoms with Crippen LogP contribution in [0.2, 0.25) is 5.02 Å². The molecule has 134 valence electrons. The molecule has 6 nitrogen and oxygen atoms in total. The van der Waals surface area contributed by atoms with Gasteiger partial charge in [0.25, 0.3) is 0 Å². The minimum Gasteiger partial charge on any atom is -0.495 e. The monoisotopic (exact) mass is 381 g/mol. The molecule has 0 saturated carbocycles. The number of hydrogen-bond donors (Lipinski definition) is 2. The van der Waals surface area contributed by atoms with Crippen molar-refractivity contribution in [3.05, 3.63) is 45.6 Å². The number of likely N-dealkylation sites (N-methyl/N-ethyl adjacent to an activating group) is 1. The van der Waals surface area contributed by atoms with Crippen molar-refractivity contribution in [3.8, 4) is 5.75 Å². The molecule has 0 aliphatic carbocycles. The summed E-state index contributed by atoms with van der Waals surface area (Å²) < 4.78 is 5.15. The number of hydrogen-bond acceptors (Lipinski definition) is 5. The van der Waals surface area contributed by atoms with E-state index in [4.69, 9.17) is 16.3 Å². The van der Waals surface area contributed by atoms with E-state index < -0.39 is 11.8 Å². The fourth-order valence-corrected chi connectivity index (χ4v) is 3.34. The van der Waals surface area contributed by atoms with E-state index in [-0.39, 0.29) is 6.04 Å². The highest BCUT2D eigenvalue weighted by Gasteiger charge is 2.20. The molecule has 0 fully saturated rings. The molecule has 2 rings (SSSR count). The van der Waals surface area contributed by atoms with Crippen LogP contribution in [0.25, 0.3) is 0 Å². The number of rotatable bonds is 6. The fourth-order valence-electron chi connectivity index (χ4n) is 2.25. The number of halogens is 1. The molecule has 0 saturated heterocycles. The molecule has 1 atom stereocenters. The molecule has 8 heteroatoms. The summed E-state index contributed by atoms with van der Waals surface area (Å²) in [5.74, 6) is -1.06. The number of nitrogens with one attached hydrogen (secondary N) is 2. The molecule has 1 aromatic heterocycles. The fraction of sp³-hybridized carbons (Fsp3) is 0.294. The van der Waals surface area contributed by atoms with Crippen molar-refractivity contribution in [2.75, 3.05) is 33.1 Å². The summed E-state index contributed by atoms with van der Waals surface area (Å²) in [6.07, 6.45) is 0. The quantitative estimate of drug-likeness (QED) is 0.755. The van der Waals surface area contributed by atoms with E-state index in [0.29, 0.717) is 23.0 Å². The van der Waals surface area contributed by atoms with Gasteiger partial charge in [-0.1, -0.05) is 17.7 Å². The lowest BCUT2D eigenvalue weighted by molar-refractivity contribution is -0.136. The number of carbonyl (C=O) groups is 2. The third kappa shape index (κ3) is 5.19. The van der Waals surface area contributed by atoms with Gasteiger partial charge in [-0.05, 0) is 43.7 Å². The second-order valence-electron chi connectivity index (χ2n) is 5.50. The van der Waals surface area contributed by atoms with Gasteiger partial charge in [-0.3, -0.25) is 9.59 Å². The van der Waals surface area contributed by atoms with Crippen LogP contribution in [0.4, 0.5) is 5.69 Å². The summed E-state index contributed by atoms with van der Waals surface area (Å²) in [6.45, 7) is 0.326. The topological polar surface area (TPSA) is 70.7 Å². The molecule has 2 N–H and O–H groups in total. The molecule has 25 heavy (non-hydrogen) atoms. The summed E-state index contributed by atoms with van der Waals surface area (Å²) in [4.78, 5) is 27.3. The molecule has 0 aliphatic rings. The van der Waals surface area contributed by atoms with Crippen LogP contribution < -0.4 is 15.4 Å². The normalized spacial score (nSPS) is 11.9. The predicted octanol–water partition coefficient (Wildman–Crippen LogP) is 2.77. The van der Waals surface area contributed by atoms with Crippen LogP contribution in [0.15, 0.2) is 35.7 Å². The number of ether oxygens (including phenoxy) is 1. The van der Waals surface area contributed by atoms with Crippen LogP contribution in [0.5, 0.6) is 5.75 Å².